The Hall–Kier alpha value is -2.91. The van der Waals surface area contributed by atoms with E-state index in [-0.39, 0.29) is 21.9 Å². The van der Waals surface area contributed by atoms with E-state index in [1.165, 1.54) is 37.4 Å². The molecule has 0 aliphatic rings. The monoisotopic (exact) mass is 378 g/mol. The molecule has 0 atom stereocenters. The summed E-state index contributed by atoms with van der Waals surface area (Å²) in [6.45, 7) is 1.07. The van der Waals surface area contributed by atoms with Crippen molar-refractivity contribution < 1.29 is 27.9 Å². The highest BCUT2D eigenvalue weighted by Crippen LogP contribution is 2.20. The lowest BCUT2D eigenvalue weighted by Gasteiger charge is -2.10. The van der Waals surface area contributed by atoms with Crippen molar-refractivity contribution in [2.24, 2.45) is 0 Å². The van der Waals surface area contributed by atoms with Crippen LogP contribution in [0.3, 0.4) is 0 Å². The number of ether oxygens (including phenoxy) is 1. The summed E-state index contributed by atoms with van der Waals surface area (Å²) in [5.41, 5.74) is 0.881. The Balaban J connectivity index is 2.02. The summed E-state index contributed by atoms with van der Waals surface area (Å²) in [5, 5.41) is 11.8. The van der Waals surface area contributed by atoms with Gasteiger partial charge < -0.3 is 15.2 Å². The molecule has 0 bridgehead atoms. The van der Waals surface area contributed by atoms with Crippen LogP contribution in [0.1, 0.15) is 15.9 Å². The lowest BCUT2D eigenvalue weighted by atomic mass is 10.2. The third-order valence-electron chi connectivity index (χ3n) is 3.45. The second kappa shape index (κ2) is 7.98. The van der Waals surface area contributed by atoms with E-state index in [0.717, 1.165) is 0 Å². The van der Waals surface area contributed by atoms with Crippen LogP contribution in [0.2, 0.25) is 0 Å². The molecule has 0 heterocycles. The van der Waals surface area contributed by atoms with E-state index in [1.54, 1.807) is 19.1 Å². The number of carbonyl (C=O) groups excluding carboxylic acids is 2. The third kappa shape index (κ3) is 4.80. The third-order valence-corrected chi connectivity index (χ3v) is 5.00. The van der Waals surface area contributed by atoms with Crippen LogP contribution in [-0.2, 0) is 19.6 Å². The molecule has 1 amide bonds. The minimum atomic E-state index is -3.66. The van der Waals surface area contributed by atoms with Crippen molar-refractivity contribution in [2.45, 2.75) is 11.8 Å². The van der Waals surface area contributed by atoms with Gasteiger partial charge >= 0.3 is 5.97 Å². The fourth-order valence-electron chi connectivity index (χ4n) is 2.12. The second-order valence-corrected chi connectivity index (χ2v) is 7.22. The normalized spacial score (nSPS) is 11.0. The quantitative estimate of drug-likeness (QED) is 0.653. The van der Waals surface area contributed by atoms with E-state index >= 15 is 0 Å². The van der Waals surface area contributed by atoms with Gasteiger partial charge in [0.2, 0.25) is 10.0 Å². The maximum absolute atomic E-state index is 11.9. The number of hydrogen-bond acceptors (Lipinski definition) is 6. The van der Waals surface area contributed by atoms with E-state index in [4.69, 9.17) is 4.74 Å². The molecule has 0 saturated heterocycles. The number of aromatic hydroxyl groups is 1. The van der Waals surface area contributed by atoms with Crippen molar-refractivity contribution in [3.63, 3.8) is 0 Å². The highest BCUT2D eigenvalue weighted by Gasteiger charge is 2.16. The Labute approximate surface area is 150 Å². The van der Waals surface area contributed by atoms with Crippen molar-refractivity contribution >= 4 is 27.6 Å². The average molecular weight is 378 g/mol. The number of carbonyl (C=O) groups is 2. The number of phenolic OH excluding ortho intramolecular Hbond substituents is 1. The van der Waals surface area contributed by atoms with Gasteiger partial charge in [0.15, 0.2) is 6.61 Å². The Bertz CT molecular complexity index is 940. The van der Waals surface area contributed by atoms with E-state index in [0.29, 0.717) is 5.56 Å². The molecule has 8 nitrogen and oxygen atoms in total. The Morgan fingerprint density at radius 3 is 2.54 bits per heavy atom. The lowest BCUT2D eigenvalue weighted by molar-refractivity contribution is -0.119. The highest BCUT2D eigenvalue weighted by atomic mass is 32.2. The zero-order chi connectivity index (χ0) is 19.3. The SMILES string of the molecule is CNS(=O)(=O)c1cc(NC(=O)COC(=O)c2cccc(O)c2)ccc1C. The first-order valence-corrected chi connectivity index (χ1v) is 9.01. The number of phenols is 1. The summed E-state index contributed by atoms with van der Waals surface area (Å²) < 4.78 is 31.0. The summed E-state index contributed by atoms with van der Waals surface area (Å²) in [6, 6.07) is 9.94. The first-order valence-electron chi connectivity index (χ1n) is 7.53. The van der Waals surface area contributed by atoms with Gasteiger partial charge in [0.25, 0.3) is 5.91 Å². The first kappa shape index (κ1) is 19.4. The lowest BCUT2D eigenvalue weighted by Crippen LogP contribution is -2.22. The molecule has 0 fully saturated rings. The maximum Gasteiger partial charge on any atom is 0.338 e. The van der Waals surface area contributed by atoms with Gasteiger partial charge in [-0.1, -0.05) is 12.1 Å². The number of amides is 1. The van der Waals surface area contributed by atoms with Crippen molar-refractivity contribution in [3.05, 3.63) is 53.6 Å². The number of sulfonamides is 1. The molecule has 2 aromatic rings. The van der Waals surface area contributed by atoms with Gasteiger partial charge in [-0.05, 0) is 49.9 Å². The van der Waals surface area contributed by atoms with Gasteiger partial charge in [-0.25, -0.2) is 17.9 Å². The van der Waals surface area contributed by atoms with E-state index in [9.17, 15) is 23.1 Å². The van der Waals surface area contributed by atoms with Crippen LogP contribution in [0.15, 0.2) is 47.4 Å². The van der Waals surface area contributed by atoms with Gasteiger partial charge in [0.1, 0.15) is 5.75 Å². The molecule has 0 unspecified atom stereocenters. The molecule has 0 spiro atoms. The van der Waals surface area contributed by atoms with Gasteiger partial charge in [0.05, 0.1) is 10.5 Å². The molecule has 0 aliphatic carbocycles. The van der Waals surface area contributed by atoms with Crippen molar-refractivity contribution in [1.82, 2.24) is 4.72 Å². The molecular formula is C17H18N2O6S. The standard InChI is InChI=1S/C17H18N2O6S/c1-11-6-7-13(9-15(11)26(23,24)18-2)19-16(21)10-25-17(22)12-4-3-5-14(20)8-12/h3-9,18,20H,10H2,1-2H3,(H,19,21). The molecule has 2 rings (SSSR count). The fraction of sp³-hybridized carbons (Fsp3) is 0.176. The summed E-state index contributed by atoms with van der Waals surface area (Å²) in [5.74, 6) is -1.49. The minimum Gasteiger partial charge on any atom is -0.508 e. The van der Waals surface area contributed by atoms with E-state index in [1.807, 2.05) is 0 Å². The van der Waals surface area contributed by atoms with Crippen LogP contribution >= 0.6 is 0 Å². The van der Waals surface area contributed by atoms with Crippen LogP contribution < -0.4 is 10.0 Å². The van der Waals surface area contributed by atoms with Gasteiger partial charge in [-0.3, -0.25) is 4.79 Å². The van der Waals surface area contributed by atoms with Crippen molar-refractivity contribution in [1.29, 1.82) is 0 Å². The minimum absolute atomic E-state index is 0.0366. The van der Waals surface area contributed by atoms with Crippen LogP contribution in [-0.4, -0.2) is 39.1 Å². The molecule has 3 N–H and O–H groups in total. The average Bonchev–Trinajstić information content (AvgIpc) is 2.61. The maximum atomic E-state index is 11.9. The summed E-state index contributed by atoms with van der Waals surface area (Å²) >= 11 is 0. The number of nitrogens with one attached hydrogen (secondary N) is 2. The predicted octanol–water partition coefficient (Wildman–Crippen LogP) is 1.40. The topological polar surface area (TPSA) is 122 Å². The number of hydrogen-bond donors (Lipinski definition) is 3. The van der Waals surface area contributed by atoms with Gasteiger partial charge in [0, 0.05) is 5.69 Å². The van der Waals surface area contributed by atoms with Gasteiger partial charge in [-0.15, -0.1) is 0 Å². The highest BCUT2D eigenvalue weighted by molar-refractivity contribution is 7.89. The molecule has 26 heavy (non-hydrogen) atoms. The largest absolute Gasteiger partial charge is 0.508 e. The fourth-order valence-corrected chi connectivity index (χ4v) is 3.12. The zero-order valence-electron chi connectivity index (χ0n) is 14.1. The second-order valence-electron chi connectivity index (χ2n) is 5.36. The molecule has 0 radical (unpaired) electrons. The molecule has 2 aromatic carbocycles. The van der Waals surface area contributed by atoms with E-state index in [2.05, 4.69) is 10.0 Å². The Kier molecular flexibility index (Phi) is 5.96. The number of anilines is 1. The molecule has 0 aromatic heterocycles. The summed E-state index contributed by atoms with van der Waals surface area (Å²) in [7, 11) is -2.37. The number of aryl methyl sites for hydroxylation is 1. The number of rotatable bonds is 6. The molecule has 0 saturated carbocycles. The molecule has 0 aliphatic heterocycles. The zero-order valence-corrected chi connectivity index (χ0v) is 15.0. The smallest absolute Gasteiger partial charge is 0.338 e. The Morgan fingerprint density at radius 2 is 1.88 bits per heavy atom. The van der Waals surface area contributed by atoms with Crippen LogP contribution in [0.25, 0.3) is 0 Å². The molecular weight excluding hydrogens is 360 g/mol. The van der Waals surface area contributed by atoms with Crippen molar-refractivity contribution in [3.8, 4) is 5.75 Å². The first-order chi connectivity index (χ1) is 12.2. The Morgan fingerprint density at radius 1 is 1.15 bits per heavy atom. The van der Waals surface area contributed by atoms with Crippen LogP contribution in [0.5, 0.6) is 5.75 Å². The number of esters is 1. The predicted molar refractivity (Wildman–Crippen MR) is 94.4 cm³/mol. The number of benzene rings is 2. The summed E-state index contributed by atoms with van der Waals surface area (Å²) in [6.07, 6.45) is 0. The summed E-state index contributed by atoms with van der Waals surface area (Å²) in [4.78, 5) is 23.8. The van der Waals surface area contributed by atoms with Crippen LogP contribution in [0, 0.1) is 6.92 Å². The molecule has 9 heteroatoms. The van der Waals surface area contributed by atoms with Gasteiger partial charge in [-0.2, -0.15) is 0 Å². The van der Waals surface area contributed by atoms with Crippen LogP contribution in [0.4, 0.5) is 5.69 Å². The van der Waals surface area contributed by atoms with E-state index < -0.39 is 28.5 Å². The molecule has 138 valence electrons. The van der Waals surface area contributed by atoms with Crippen molar-refractivity contribution in [2.75, 3.05) is 19.0 Å².